The first-order valence-electron chi connectivity index (χ1n) is 8.87. The molecule has 23 heavy (non-hydrogen) atoms. The van der Waals surface area contributed by atoms with Gasteiger partial charge in [0, 0.05) is 6.42 Å². The van der Waals surface area contributed by atoms with Crippen LogP contribution in [-0.4, -0.2) is 18.8 Å². The number of alkyl halides is 3. The molecule has 5 heteroatoms. The van der Waals surface area contributed by atoms with Crippen molar-refractivity contribution in [3.05, 3.63) is 12.2 Å². The minimum Gasteiger partial charge on any atom is -0.465 e. The number of rotatable bonds is 10. The van der Waals surface area contributed by atoms with Crippen molar-refractivity contribution in [3.63, 3.8) is 0 Å². The van der Waals surface area contributed by atoms with Crippen LogP contribution in [-0.2, 0) is 9.53 Å². The molecule has 0 aromatic rings. The zero-order valence-corrected chi connectivity index (χ0v) is 13.6. The molecule has 0 radical (unpaired) electrons. The van der Waals surface area contributed by atoms with E-state index in [1.54, 1.807) is 0 Å². The average Bonchev–Trinajstić information content (AvgIpc) is 3.10. The highest BCUT2D eigenvalue weighted by molar-refractivity contribution is 5.74. The maximum Gasteiger partial charge on any atom is 0.389 e. The van der Waals surface area contributed by atoms with E-state index in [4.69, 9.17) is 4.74 Å². The molecule has 0 heterocycles. The largest absolute Gasteiger partial charge is 0.465 e. The molecule has 0 N–H and O–H groups in total. The van der Waals surface area contributed by atoms with Gasteiger partial charge in [0.15, 0.2) is 0 Å². The highest BCUT2D eigenvalue weighted by atomic mass is 19.4. The van der Waals surface area contributed by atoms with Crippen molar-refractivity contribution in [2.45, 2.75) is 70.4 Å². The van der Waals surface area contributed by atoms with E-state index in [1.165, 1.54) is 0 Å². The summed E-state index contributed by atoms with van der Waals surface area (Å²) in [5.74, 6) is 0.992. The molecule has 0 aromatic heterocycles. The van der Waals surface area contributed by atoms with E-state index in [-0.39, 0.29) is 18.3 Å². The van der Waals surface area contributed by atoms with Gasteiger partial charge in [-0.15, -0.1) is 0 Å². The molecule has 2 rings (SSSR count). The Morgan fingerprint density at radius 1 is 0.957 bits per heavy atom. The summed E-state index contributed by atoms with van der Waals surface area (Å²) >= 11 is 0. The van der Waals surface area contributed by atoms with E-state index < -0.39 is 12.6 Å². The maximum absolute atomic E-state index is 12.0. The molecule has 0 spiro atoms. The van der Waals surface area contributed by atoms with Crippen molar-refractivity contribution in [3.8, 4) is 0 Å². The second-order valence-electron chi connectivity index (χ2n) is 6.89. The Bertz CT molecular complexity index is 404. The normalized spacial score (nSPS) is 26.0. The van der Waals surface area contributed by atoms with Crippen LogP contribution in [0.15, 0.2) is 12.2 Å². The third-order valence-corrected chi connectivity index (χ3v) is 4.93. The van der Waals surface area contributed by atoms with Crippen LogP contribution in [0.4, 0.5) is 13.2 Å². The molecule has 132 valence electrons. The highest BCUT2D eigenvalue weighted by Gasteiger charge is 2.40. The summed E-state index contributed by atoms with van der Waals surface area (Å²) in [6.07, 6.45) is 7.25. The lowest BCUT2D eigenvalue weighted by molar-refractivity contribution is -0.149. The second kappa shape index (κ2) is 8.74. The van der Waals surface area contributed by atoms with E-state index >= 15 is 0 Å². The van der Waals surface area contributed by atoms with Crippen molar-refractivity contribution in [2.24, 2.45) is 17.8 Å². The summed E-state index contributed by atoms with van der Waals surface area (Å²) in [6.45, 7) is 0.477. The summed E-state index contributed by atoms with van der Waals surface area (Å²) < 4.78 is 41.2. The lowest BCUT2D eigenvalue weighted by Gasteiger charge is -2.16. The van der Waals surface area contributed by atoms with E-state index in [2.05, 4.69) is 12.2 Å². The van der Waals surface area contributed by atoms with Crippen molar-refractivity contribution < 1.29 is 22.7 Å². The lowest BCUT2D eigenvalue weighted by atomic mass is 9.94. The van der Waals surface area contributed by atoms with Gasteiger partial charge in [-0.25, -0.2) is 0 Å². The maximum atomic E-state index is 12.0. The van der Waals surface area contributed by atoms with Gasteiger partial charge in [-0.05, 0) is 37.5 Å². The molecule has 3 unspecified atom stereocenters. The summed E-state index contributed by atoms with van der Waals surface area (Å²) in [7, 11) is 0. The van der Waals surface area contributed by atoms with Crippen molar-refractivity contribution in [1.82, 2.24) is 0 Å². The number of halogens is 3. The number of carbonyl (C=O) groups excluding carboxylic acids is 1. The number of unbranched alkanes of at least 4 members (excludes halogenated alkanes) is 6. The van der Waals surface area contributed by atoms with Gasteiger partial charge in [-0.1, -0.05) is 44.3 Å². The van der Waals surface area contributed by atoms with Crippen LogP contribution in [0.5, 0.6) is 0 Å². The fraction of sp³-hybridized carbons (Fsp3) is 0.833. The zero-order valence-electron chi connectivity index (χ0n) is 13.6. The van der Waals surface area contributed by atoms with Crippen LogP contribution in [0.25, 0.3) is 0 Å². The topological polar surface area (TPSA) is 26.3 Å². The van der Waals surface area contributed by atoms with Crippen LogP contribution < -0.4 is 0 Å². The average molecular weight is 332 g/mol. The lowest BCUT2D eigenvalue weighted by Crippen LogP contribution is -2.21. The fourth-order valence-electron chi connectivity index (χ4n) is 3.64. The van der Waals surface area contributed by atoms with Gasteiger partial charge < -0.3 is 4.74 Å². The van der Waals surface area contributed by atoms with Gasteiger partial charge in [0.2, 0.25) is 0 Å². The molecule has 2 aliphatic carbocycles. The minimum absolute atomic E-state index is 0.0472. The second-order valence-corrected chi connectivity index (χ2v) is 6.89. The third kappa shape index (κ3) is 6.56. The third-order valence-electron chi connectivity index (χ3n) is 4.93. The Morgan fingerprint density at radius 3 is 2.17 bits per heavy atom. The van der Waals surface area contributed by atoms with Crippen molar-refractivity contribution in [2.75, 3.05) is 6.61 Å². The van der Waals surface area contributed by atoms with Gasteiger partial charge in [-0.3, -0.25) is 4.79 Å². The van der Waals surface area contributed by atoms with E-state index in [0.717, 1.165) is 44.9 Å². The molecular weight excluding hydrogens is 305 g/mol. The summed E-state index contributed by atoms with van der Waals surface area (Å²) in [4.78, 5) is 12.0. The summed E-state index contributed by atoms with van der Waals surface area (Å²) in [5, 5.41) is 0. The molecular formula is C18H27F3O2. The molecule has 3 atom stereocenters. The van der Waals surface area contributed by atoms with Crippen LogP contribution in [0.2, 0.25) is 0 Å². The van der Waals surface area contributed by atoms with E-state index in [0.29, 0.717) is 24.9 Å². The number of carbonyl (C=O) groups is 1. The van der Waals surface area contributed by atoms with E-state index in [1.807, 2.05) is 0 Å². The molecule has 2 bridgehead atoms. The first-order chi connectivity index (χ1) is 11.0. The van der Waals surface area contributed by atoms with Gasteiger partial charge in [0.05, 0.1) is 12.5 Å². The Hall–Kier alpha value is -1.00. The first kappa shape index (κ1) is 18.3. The molecule has 0 saturated heterocycles. The standard InChI is InChI=1S/C18H27F3O2/c19-18(20,21)10-6-4-2-1-3-5-7-11-23-17(22)16-13-14-8-9-15(16)12-14/h8-9,14-16H,1-7,10-13H2. The summed E-state index contributed by atoms with van der Waals surface area (Å²) in [6, 6.07) is 0. The molecule has 0 amide bonds. The van der Waals surface area contributed by atoms with Crippen molar-refractivity contribution in [1.29, 1.82) is 0 Å². The fourth-order valence-corrected chi connectivity index (χ4v) is 3.64. The van der Waals surface area contributed by atoms with Crippen LogP contribution in [0, 0.1) is 17.8 Å². The van der Waals surface area contributed by atoms with Gasteiger partial charge >= 0.3 is 12.1 Å². The Balaban J connectivity index is 1.38. The van der Waals surface area contributed by atoms with Crippen molar-refractivity contribution >= 4 is 5.97 Å². The highest BCUT2D eigenvalue weighted by Crippen LogP contribution is 2.43. The Kier molecular flexibility index (Phi) is 6.97. The van der Waals surface area contributed by atoms with Crippen LogP contribution >= 0.6 is 0 Å². The quantitative estimate of drug-likeness (QED) is 0.303. The smallest absolute Gasteiger partial charge is 0.389 e. The number of fused-ring (bicyclic) bond motifs is 2. The number of ether oxygens (including phenoxy) is 1. The minimum atomic E-state index is -4.02. The molecule has 2 aliphatic rings. The van der Waals surface area contributed by atoms with Crippen LogP contribution in [0.3, 0.4) is 0 Å². The summed E-state index contributed by atoms with van der Waals surface area (Å²) in [5.41, 5.74) is 0. The number of allylic oxidation sites excluding steroid dienone is 2. The predicted molar refractivity (Wildman–Crippen MR) is 82.8 cm³/mol. The van der Waals surface area contributed by atoms with E-state index in [9.17, 15) is 18.0 Å². The predicted octanol–water partition coefficient (Wildman–Crippen LogP) is 5.42. The van der Waals surface area contributed by atoms with Crippen LogP contribution in [0.1, 0.15) is 64.2 Å². The monoisotopic (exact) mass is 332 g/mol. The molecule has 1 saturated carbocycles. The molecule has 1 fully saturated rings. The zero-order chi connectivity index (χ0) is 16.7. The van der Waals surface area contributed by atoms with Gasteiger partial charge in [0.25, 0.3) is 0 Å². The molecule has 0 aromatic carbocycles. The first-order valence-corrected chi connectivity index (χ1v) is 8.87. The van der Waals surface area contributed by atoms with Gasteiger partial charge in [0.1, 0.15) is 0 Å². The molecule has 0 aliphatic heterocycles. The number of esters is 1. The molecule has 2 nitrogen and oxygen atoms in total. The van der Waals surface area contributed by atoms with Gasteiger partial charge in [-0.2, -0.15) is 13.2 Å². The number of hydrogen-bond acceptors (Lipinski definition) is 2. The number of hydrogen-bond donors (Lipinski definition) is 0. The SMILES string of the molecule is O=C(OCCCCCCCCCC(F)(F)F)C1CC2C=CC1C2. The Morgan fingerprint density at radius 2 is 1.61 bits per heavy atom. The Labute approximate surface area is 136 Å².